The van der Waals surface area contributed by atoms with E-state index in [0.29, 0.717) is 5.52 Å². The number of amides is 1. The first-order chi connectivity index (χ1) is 12.1. The summed E-state index contributed by atoms with van der Waals surface area (Å²) < 4.78 is 39.1. The van der Waals surface area contributed by atoms with Gasteiger partial charge in [-0.15, -0.1) is 0 Å². The third-order valence-electron chi connectivity index (χ3n) is 4.30. The number of rotatable bonds is 3. The molecule has 1 aliphatic rings. The van der Waals surface area contributed by atoms with Gasteiger partial charge >= 0.3 is 12.1 Å². The van der Waals surface area contributed by atoms with Gasteiger partial charge < -0.3 is 10.0 Å². The smallest absolute Gasteiger partial charge is 0.394 e. The van der Waals surface area contributed by atoms with Gasteiger partial charge in [0.05, 0.1) is 22.3 Å². The van der Waals surface area contributed by atoms with E-state index >= 15 is 0 Å². The highest BCUT2D eigenvalue weighted by molar-refractivity contribution is 6.05. The fraction of sp³-hybridized carbons (Fsp3) is 0.357. The predicted molar refractivity (Wildman–Crippen MR) is 79.3 cm³/mol. The second-order valence-corrected chi connectivity index (χ2v) is 5.86. The number of likely N-dealkylation sites (tertiary alicyclic amines) is 1. The number of benzene rings is 1. The number of aromatic nitrogens is 2. The first-order valence-electron chi connectivity index (χ1n) is 7.31. The van der Waals surface area contributed by atoms with Crippen molar-refractivity contribution in [2.75, 3.05) is 13.1 Å². The number of hydrogen-bond donors (Lipinski definition) is 2. The Morgan fingerprint density at radius 3 is 2.58 bits per heavy atom. The lowest BCUT2D eigenvalue weighted by atomic mass is 9.96. The maximum absolute atomic E-state index is 13.0. The number of carboxylic acids is 1. The van der Waals surface area contributed by atoms with Gasteiger partial charge in [0.15, 0.2) is 5.69 Å². The number of aromatic amines is 1. The summed E-state index contributed by atoms with van der Waals surface area (Å²) >= 11 is 0. The number of halogens is 3. The molecule has 1 aromatic heterocycles. The molecule has 12 heteroatoms. The molecule has 3 rings (SSSR count). The number of aliphatic carboxylic acids is 1. The number of nitro groups is 1. The molecule has 0 spiro atoms. The van der Waals surface area contributed by atoms with Crippen LogP contribution in [0.2, 0.25) is 0 Å². The molecule has 2 aromatic rings. The summed E-state index contributed by atoms with van der Waals surface area (Å²) in [4.78, 5) is 34.6. The maximum atomic E-state index is 13.0. The Hall–Kier alpha value is -3.18. The van der Waals surface area contributed by atoms with Crippen LogP contribution in [0, 0.1) is 22.0 Å². The molecule has 0 aliphatic carbocycles. The average molecular weight is 372 g/mol. The number of non-ortho nitro benzene ring substituents is 1. The molecule has 1 fully saturated rings. The number of hydrogen-bond acceptors (Lipinski definition) is 5. The Morgan fingerprint density at radius 1 is 1.35 bits per heavy atom. The van der Waals surface area contributed by atoms with E-state index in [1.54, 1.807) is 0 Å². The van der Waals surface area contributed by atoms with E-state index in [0.717, 1.165) is 11.0 Å². The second kappa shape index (κ2) is 5.97. The van der Waals surface area contributed by atoms with Crippen LogP contribution in [0.1, 0.15) is 10.5 Å². The number of carboxylic acid groups (broad SMARTS) is 1. The van der Waals surface area contributed by atoms with Crippen molar-refractivity contribution >= 4 is 28.5 Å². The second-order valence-electron chi connectivity index (χ2n) is 5.86. The third kappa shape index (κ3) is 2.93. The Kier molecular flexibility index (Phi) is 4.05. The molecule has 138 valence electrons. The fourth-order valence-corrected chi connectivity index (χ4v) is 2.98. The predicted octanol–water partition coefficient (Wildman–Crippen LogP) is 1.81. The summed E-state index contributed by atoms with van der Waals surface area (Å²) in [6.45, 7) is -1.44. The van der Waals surface area contributed by atoms with Crippen LogP contribution in [-0.4, -0.2) is 56.3 Å². The van der Waals surface area contributed by atoms with E-state index in [2.05, 4.69) is 10.2 Å². The number of nitrogens with zero attached hydrogens (tertiary/aromatic N) is 3. The lowest BCUT2D eigenvalue weighted by Gasteiger charge is -2.18. The largest absolute Gasteiger partial charge is 0.481 e. The maximum Gasteiger partial charge on any atom is 0.394 e. The van der Waals surface area contributed by atoms with Gasteiger partial charge in [-0.2, -0.15) is 18.3 Å². The van der Waals surface area contributed by atoms with Crippen molar-refractivity contribution in [2.45, 2.75) is 6.18 Å². The van der Waals surface area contributed by atoms with E-state index in [-0.39, 0.29) is 16.8 Å². The van der Waals surface area contributed by atoms with Crippen LogP contribution in [0.25, 0.3) is 10.9 Å². The minimum Gasteiger partial charge on any atom is -0.481 e. The van der Waals surface area contributed by atoms with Gasteiger partial charge in [0, 0.05) is 30.6 Å². The van der Waals surface area contributed by atoms with E-state index in [9.17, 15) is 32.9 Å². The molecule has 0 bridgehead atoms. The lowest BCUT2D eigenvalue weighted by Crippen LogP contribution is -2.34. The van der Waals surface area contributed by atoms with Crippen LogP contribution in [0.5, 0.6) is 0 Å². The molecule has 2 atom stereocenters. The van der Waals surface area contributed by atoms with Crippen molar-refractivity contribution in [3.63, 3.8) is 0 Å². The van der Waals surface area contributed by atoms with Crippen molar-refractivity contribution in [2.24, 2.45) is 11.8 Å². The summed E-state index contributed by atoms with van der Waals surface area (Å²) in [6, 6.07) is 3.59. The van der Waals surface area contributed by atoms with Crippen molar-refractivity contribution in [3.8, 4) is 0 Å². The highest BCUT2D eigenvalue weighted by Gasteiger charge is 2.53. The Balaban J connectivity index is 1.95. The van der Waals surface area contributed by atoms with Gasteiger partial charge in [0.25, 0.3) is 11.6 Å². The molecule has 0 saturated carbocycles. The molecule has 1 saturated heterocycles. The number of carbonyl (C=O) groups is 2. The van der Waals surface area contributed by atoms with Crippen LogP contribution in [-0.2, 0) is 4.79 Å². The zero-order valence-corrected chi connectivity index (χ0v) is 12.9. The standard InChI is InChI=1S/C14H11F3N4O5/c15-14(16,17)9-5-20(4-8(9)13(23)24)12(22)11-7-3-6(21(25)26)1-2-10(7)18-19-11/h1-3,8-9H,4-5H2,(H,18,19)(H,23,24)/t8-,9-/m1/s1. The van der Waals surface area contributed by atoms with Crippen molar-refractivity contribution < 1.29 is 32.8 Å². The van der Waals surface area contributed by atoms with Gasteiger partial charge in [-0.1, -0.05) is 0 Å². The zero-order valence-electron chi connectivity index (χ0n) is 12.9. The Morgan fingerprint density at radius 2 is 2.04 bits per heavy atom. The van der Waals surface area contributed by atoms with Crippen molar-refractivity contribution in [1.82, 2.24) is 15.1 Å². The first kappa shape index (κ1) is 17.6. The number of fused-ring (bicyclic) bond motifs is 1. The van der Waals surface area contributed by atoms with Crippen LogP contribution < -0.4 is 0 Å². The van der Waals surface area contributed by atoms with Crippen LogP contribution >= 0.6 is 0 Å². The molecule has 2 heterocycles. The molecule has 0 radical (unpaired) electrons. The van der Waals surface area contributed by atoms with E-state index in [1.807, 2.05) is 0 Å². The number of nitro benzene ring substituents is 1. The average Bonchev–Trinajstić information content (AvgIpc) is 3.17. The Labute approximate surface area is 142 Å². The summed E-state index contributed by atoms with van der Waals surface area (Å²) in [6.07, 6.45) is -4.77. The van der Waals surface area contributed by atoms with Gasteiger partial charge in [-0.25, -0.2) is 0 Å². The first-order valence-corrected chi connectivity index (χ1v) is 7.31. The minimum atomic E-state index is -4.77. The molecular weight excluding hydrogens is 361 g/mol. The van der Waals surface area contributed by atoms with Crippen LogP contribution in [0.4, 0.5) is 18.9 Å². The van der Waals surface area contributed by atoms with Gasteiger partial charge in [-0.05, 0) is 6.07 Å². The number of nitrogens with one attached hydrogen (secondary N) is 1. The number of H-pyrrole nitrogens is 1. The number of alkyl halides is 3. The van der Waals surface area contributed by atoms with Gasteiger partial charge in [0.2, 0.25) is 0 Å². The normalized spacial score (nSPS) is 20.5. The summed E-state index contributed by atoms with van der Waals surface area (Å²) in [5.41, 5.74) is -0.318. The van der Waals surface area contributed by atoms with E-state index in [1.165, 1.54) is 12.1 Å². The molecular formula is C14H11F3N4O5. The highest BCUT2D eigenvalue weighted by Crippen LogP contribution is 2.38. The summed E-state index contributed by atoms with van der Waals surface area (Å²) in [5.74, 6) is -6.54. The molecule has 9 nitrogen and oxygen atoms in total. The van der Waals surface area contributed by atoms with E-state index in [4.69, 9.17) is 5.11 Å². The molecule has 1 aliphatic heterocycles. The molecule has 26 heavy (non-hydrogen) atoms. The van der Waals surface area contributed by atoms with Gasteiger partial charge in [-0.3, -0.25) is 24.8 Å². The van der Waals surface area contributed by atoms with E-state index < -0.39 is 47.9 Å². The van der Waals surface area contributed by atoms with Crippen molar-refractivity contribution in [1.29, 1.82) is 0 Å². The van der Waals surface area contributed by atoms with Crippen LogP contribution in [0.3, 0.4) is 0 Å². The molecule has 2 N–H and O–H groups in total. The molecule has 1 aromatic carbocycles. The van der Waals surface area contributed by atoms with Gasteiger partial charge in [0.1, 0.15) is 0 Å². The number of carbonyl (C=O) groups excluding carboxylic acids is 1. The van der Waals surface area contributed by atoms with Crippen molar-refractivity contribution in [3.05, 3.63) is 34.0 Å². The molecule has 0 unspecified atom stereocenters. The monoisotopic (exact) mass is 372 g/mol. The Bertz CT molecular complexity index is 910. The zero-order chi connectivity index (χ0) is 19.2. The lowest BCUT2D eigenvalue weighted by molar-refractivity contribution is -0.384. The molecule has 1 amide bonds. The quantitative estimate of drug-likeness (QED) is 0.624. The topological polar surface area (TPSA) is 129 Å². The minimum absolute atomic E-state index is 0.0755. The SMILES string of the molecule is O=C(O)[C@@H]1CN(C(=O)c2n[nH]c3ccc([N+](=O)[O-])cc23)C[C@H]1C(F)(F)F. The van der Waals surface area contributed by atoms with Crippen LogP contribution in [0.15, 0.2) is 18.2 Å². The fourth-order valence-electron chi connectivity index (χ4n) is 2.98. The highest BCUT2D eigenvalue weighted by atomic mass is 19.4. The summed E-state index contributed by atoms with van der Waals surface area (Å²) in [5, 5.41) is 26.2. The third-order valence-corrected chi connectivity index (χ3v) is 4.30. The summed E-state index contributed by atoms with van der Waals surface area (Å²) in [7, 11) is 0.